The van der Waals surface area contributed by atoms with Crippen LogP contribution < -0.4 is 16.1 Å². The maximum atomic E-state index is 13.6. The van der Waals surface area contributed by atoms with Gasteiger partial charge in [-0.1, -0.05) is 19.9 Å². The van der Waals surface area contributed by atoms with Gasteiger partial charge in [-0.25, -0.2) is 4.39 Å². The molecule has 0 saturated carbocycles. The molecule has 8 heteroatoms. The minimum absolute atomic E-state index is 0.225. The van der Waals surface area contributed by atoms with Gasteiger partial charge in [-0.2, -0.15) is 5.10 Å². The fraction of sp³-hybridized carbons (Fsp3) is 0.320. The van der Waals surface area contributed by atoms with Crippen molar-refractivity contribution in [1.29, 1.82) is 0 Å². The number of aromatic nitrogens is 1. The van der Waals surface area contributed by atoms with E-state index in [4.69, 9.17) is 10.6 Å². The Hall–Kier alpha value is -3.52. The van der Waals surface area contributed by atoms with Gasteiger partial charge in [-0.15, -0.1) is 0 Å². The van der Waals surface area contributed by atoms with Gasteiger partial charge < -0.3 is 20.5 Å². The topological polar surface area (TPSA) is 96.1 Å². The highest BCUT2D eigenvalue weighted by molar-refractivity contribution is 6.38. The molecular weight excluding hydrogens is 421 g/mol. The van der Waals surface area contributed by atoms with Crippen molar-refractivity contribution in [3.8, 4) is 5.75 Å². The lowest BCUT2D eigenvalue weighted by atomic mass is 10.1. The predicted octanol–water partition coefficient (Wildman–Crippen LogP) is 4.44. The second-order valence-corrected chi connectivity index (χ2v) is 7.26. The summed E-state index contributed by atoms with van der Waals surface area (Å²) in [5.41, 5.74) is 1.64. The average Bonchev–Trinajstić information content (AvgIpc) is 2.83. The molecule has 1 aromatic heterocycles. The Morgan fingerprint density at radius 3 is 2.45 bits per heavy atom. The number of H-pyrrole nitrogens is 1. The molecule has 1 heterocycles. The van der Waals surface area contributed by atoms with Gasteiger partial charge in [0.1, 0.15) is 23.9 Å². The first-order valence-electron chi connectivity index (χ1n) is 10.9. The van der Waals surface area contributed by atoms with E-state index in [9.17, 15) is 9.18 Å². The molecule has 176 valence electrons. The molecule has 0 saturated heterocycles. The van der Waals surface area contributed by atoms with Gasteiger partial charge in [-0.3, -0.25) is 9.79 Å². The molecule has 0 bridgehead atoms. The lowest BCUT2D eigenvalue weighted by Crippen LogP contribution is -2.27. The van der Waals surface area contributed by atoms with E-state index in [2.05, 4.69) is 33.8 Å². The molecule has 0 fully saturated rings. The molecule has 0 atom stereocenters. The Kier molecular flexibility index (Phi) is 10.2. The van der Waals surface area contributed by atoms with Crippen LogP contribution in [-0.2, 0) is 0 Å². The smallest absolute Gasteiger partial charge is 0.257 e. The van der Waals surface area contributed by atoms with Gasteiger partial charge in [0.05, 0.1) is 17.5 Å². The van der Waals surface area contributed by atoms with E-state index in [1.807, 2.05) is 24.3 Å². The number of nitrogens with zero attached hydrogens (tertiary/aromatic N) is 3. The van der Waals surface area contributed by atoms with Gasteiger partial charge in [0.25, 0.3) is 5.56 Å². The largest absolute Gasteiger partial charge is 0.492 e. The number of hydrazone groups is 1. The Balaban J connectivity index is 2.07. The maximum absolute atomic E-state index is 13.6. The van der Waals surface area contributed by atoms with Crippen LogP contribution in [0.5, 0.6) is 5.75 Å². The summed E-state index contributed by atoms with van der Waals surface area (Å²) in [6.45, 7) is 11.0. The van der Waals surface area contributed by atoms with Crippen molar-refractivity contribution < 1.29 is 9.13 Å². The number of benzene rings is 1. The Labute approximate surface area is 194 Å². The van der Waals surface area contributed by atoms with Crippen molar-refractivity contribution in [2.45, 2.75) is 27.7 Å². The molecule has 0 aliphatic heterocycles. The number of likely N-dealkylation sites (N-methyl/N-ethyl adjacent to an activating group) is 1. The monoisotopic (exact) mass is 453 g/mol. The van der Waals surface area contributed by atoms with Crippen LogP contribution in [0.15, 0.2) is 68.8 Å². The van der Waals surface area contributed by atoms with E-state index < -0.39 is 5.56 Å². The van der Waals surface area contributed by atoms with Gasteiger partial charge >= 0.3 is 0 Å². The van der Waals surface area contributed by atoms with Crippen LogP contribution in [0.4, 0.5) is 10.1 Å². The Morgan fingerprint density at radius 1 is 1.18 bits per heavy atom. The first-order chi connectivity index (χ1) is 15.9. The number of hydrogen-bond donors (Lipinski definition) is 2. The molecular formula is C25H32FN5O2. The van der Waals surface area contributed by atoms with E-state index in [1.165, 1.54) is 12.3 Å². The van der Waals surface area contributed by atoms with E-state index in [-0.39, 0.29) is 17.1 Å². The minimum atomic E-state index is -0.398. The number of aliphatic imine (C=N–C) groups is 1. The third-order valence-corrected chi connectivity index (χ3v) is 5.09. The third-order valence-electron chi connectivity index (χ3n) is 5.09. The van der Waals surface area contributed by atoms with E-state index in [0.717, 1.165) is 25.4 Å². The summed E-state index contributed by atoms with van der Waals surface area (Å²) in [6, 6.07) is 10.5. The highest BCUT2D eigenvalue weighted by Gasteiger charge is 2.08. The van der Waals surface area contributed by atoms with E-state index >= 15 is 0 Å². The number of nitrogens with two attached hydrogens (primary N) is 1. The van der Waals surface area contributed by atoms with Crippen molar-refractivity contribution in [2.24, 2.45) is 15.9 Å². The Morgan fingerprint density at radius 2 is 1.88 bits per heavy atom. The van der Waals surface area contributed by atoms with Crippen molar-refractivity contribution in [2.75, 3.05) is 26.2 Å². The molecule has 0 amide bonds. The molecule has 0 aliphatic carbocycles. The van der Waals surface area contributed by atoms with Crippen LogP contribution in [0, 0.1) is 0 Å². The van der Waals surface area contributed by atoms with Crippen molar-refractivity contribution in [1.82, 2.24) is 9.88 Å². The molecule has 3 N–H and O–H groups in total. The number of allylic oxidation sites excluding steroid dienone is 3. The molecule has 2 rings (SSSR count). The lowest BCUT2D eigenvalue weighted by molar-refractivity contribution is 0.223. The molecule has 2 aromatic rings. The van der Waals surface area contributed by atoms with Crippen LogP contribution in [0.1, 0.15) is 39.0 Å². The predicted molar refractivity (Wildman–Crippen MR) is 134 cm³/mol. The van der Waals surface area contributed by atoms with Crippen molar-refractivity contribution in [3.05, 3.63) is 75.5 Å². The maximum Gasteiger partial charge on any atom is 0.257 e. The molecule has 0 spiro atoms. The SMILES string of the molecule is C/C=C(F)\C(C)=C/c1ccc(C(C=Nc2ccc(OCCN(CC)CC)cc2)=NN)c(=O)[nH]1. The quantitative estimate of drug-likeness (QED) is 0.228. The summed E-state index contributed by atoms with van der Waals surface area (Å²) < 4.78 is 19.4. The van der Waals surface area contributed by atoms with Crippen LogP contribution in [-0.4, -0.2) is 48.1 Å². The summed E-state index contributed by atoms with van der Waals surface area (Å²) in [6.07, 6.45) is 4.35. The van der Waals surface area contributed by atoms with Gasteiger partial charge in [-0.05, 0) is 75.0 Å². The van der Waals surface area contributed by atoms with Crippen molar-refractivity contribution >= 4 is 23.7 Å². The number of aromatic amines is 1. The zero-order chi connectivity index (χ0) is 24.2. The van der Waals surface area contributed by atoms with Gasteiger partial charge in [0, 0.05) is 12.2 Å². The Bertz CT molecular complexity index is 1080. The fourth-order valence-corrected chi connectivity index (χ4v) is 3.07. The van der Waals surface area contributed by atoms with Crippen molar-refractivity contribution in [3.63, 3.8) is 0 Å². The standard InChI is InChI=1S/C25H32FN5O2/c1-5-23(26)18(4)16-20-10-13-22(25(32)29-20)24(30-27)17-28-19-8-11-21(12-9-19)33-15-14-31(6-2)7-3/h5,8-13,16-17H,6-7,14-15,27H2,1-4H3,(H,29,32)/b18-16-,23-5+,28-17?,30-24?. The zero-order valence-corrected chi connectivity index (χ0v) is 19.6. The highest BCUT2D eigenvalue weighted by Crippen LogP contribution is 2.18. The number of halogens is 1. The number of ether oxygens (including phenoxy) is 1. The lowest BCUT2D eigenvalue weighted by Gasteiger charge is -2.17. The van der Waals surface area contributed by atoms with Crippen LogP contribution in [0.25, 0.3) is 6.08 Å². The van der Waals surface area contributed by atoms with Gasteiger partial charge in [0.2, 0.25) is 0 Å². The molecule has 0 radical (unpaired) electrons. The number of rotatable bonds is 11. The summed E-state index contributed by atoms with van der Waals surface area (Å²) in [4.78, 5) is 21.8. The van der Waals surface area contributed by atoms with Gasteiger partial charge in [0.15, 0.2) is 0 Å². The average molecular weight is 454 g/mol. The minimum Gasteiger partial charge on any atom is -0.492 e. The first-order valence-corrected chi connectivity index (χ1v) is 10.9. The second kappa shape index (κ2) is 13.1. The molecule has 33 heavy (non-hydrogen) atoms. The summed E-state index contributed by atoms with van der Waals surface area (Å²) >= 11 is 0. The van der Waals surface area contributed by atoms with E-state index in [0.29, 0.717) is 23.6 Å². The van der Waals surface area contributed by atoms with E-state index in [1.54, 1.807) is 32.1 Å². The highest BCUT2D eigenvalue weighted by atomic mass is 19.1. The van der Waals surface area contributed by atoms with Crippen LogP contribution in [0.3, 0.4) is 0 Å². The fourth-order valence-electron chi connectivity index (χ4n) is 3.07. The molecule has 0 aliphatic rings. The zero-order valence-electron chi connectivity index (χ0n) is 19.6. The number of nitrogens with one attached hydrogen (secondary N) is 1. The molecule has 0 unspecified atom stereocenters. The van der Waals surface area contributed by atoms with Crippen LogP contribution in [0.2, 0.25) is 0 Å². The number of hydrogen-bond acceptors (Lipinski definition) is 6. The molecule has 1 aromatic carbocycles. The summed E-state index contributed by atoms with van der Waals surface area (Å²) in [5, 5.41) is 3.69. The summed E-state index contributed by atoms with van der Waals surface area (Å²) in [5.74, 6) is 5.90. The molecule has 7 nitrogen and oxygen atoms in total. The van der Waals surface area contributed by atoms with Crippen LogP contribution >= 0.6 is 0 Å². The first kappa shape index (κ1) is 25.7. The summed E-state index contributed by atoms with van der Waals surface area (Å²) in [7, 11) is 0. The number of pyridine rings is 1. The second-order valence-electron chi connectivity index (χ2n) is 7.26. The normalized spacial score (nSPS) is 13.2. The third kappa shape index (κ3) is 7.84.